The number of methoxy groups -OCH3 is 1. The van der Waals surface area contributed by atoms with Crippen LogP contribution < -0.4 is 10.1 Å². The van der Waals surface area contributed by atoms with Gasteiger partial charge in [0.1, 0.15) is 11.6 Å². The molecule has 8 heteroatoms. The molecule has 3 rings (SSSR count). The Hall–Kier alpha value is -3.16. The zero-order chi connectivity index (χ0) is 21.7. The molecule has 30 heavy (non-hydrogen) atoms. The van der Waals surface area contributed by atoms with Crippen LogP contribution in [0.1, 0.15) is 31.5 Å². The fraction of sp³-hybridized carbons (Fsp3) is 0.364. The zero-order valence-electron chi connectivity index (χ0n) is 17.5. The molecule has 3 aromatic rings. The highest BCUT2D eigenvalue weighted by Crippen LogP contribution is 2.31. The molecule has 3 aromatic heterocycles. The number of hydrogen-bond acceptors (Lipinski definition) is 6. The molecule has 2 atom stereocenters. The molecule has 0 radical (unpaired) electrons. The molecule has 3 heterocycles. The Kier molecular flexibility index (Phi) is 6.54. The van der Waals surface area contributed by atoms with E-state index in [0.29, 0.717) is 17.4 Å². The van der Waals surface area contributed by atoms with Gasteiger partial charge in [-0.25, -0.2) is 13.8 Å². The maximum Gasteiger partial charge on any atom is 0.215 e. The lowest BCUT2D eigenvalue weighted by Crippen LogP contribution is -2.35. The number of alkyl halides is 1. The Balaban J connectivity index is 1.77. The number of halogens is 2. The lowest BCUT2D eigenvalue weighted by molar-refractivity contribution is 0.267. The van der Waals surface area contributed by atoms with Crippen LogP contribution in [0.5, 0.6) is 5.88 Å². The van der Waals surface area contributed by atoms with E-state index in [1.807, 2.05) is 19.1 Å². The van der Waals surface area contributed by atoms with Gasteiger partial charge in [-0.2, -0.15) is 0 Å². The monoisotopic (exact) mass is 413 g/mol. The van der Waals surface area contributed by atoms with Crippen LogP contribution in [0.25, 0.3) is 11.3 Å². The fourth-order valence-electron chi connectivity index (χ4n) is 3.49. The van der Waals surface area contributed by atoms with Crippen molar-refractivity contribution in [2.24, 2.45) is 0 Å². The van der Waals surface area contributed by atoms with E-state index in [1.54, 1.807) is 26.3 Å². The van der Waals surface area contributed by atoms with E-state index >= 15 is 0 Å². The van der Waals surface area contributed by atoms with Crippen LogP contribution in [-0.2, 0) is 5.41 Å². The molecule has 0 saturated carbocycles. The largest absolute Gasteiger partial charge is 0.481 e. The van der Waals surface area contributed by atoms with Crippen LogP contribution >= 0.6 is 0 Å². The molecule has 0 amide bonds. The smallest absolute Gasteiger partial charge is 0.215 e. The average molecular weight is 413 g/mol. The van der Waals surface area contributed by atoms with Crippen LogP contribution in [0.15, 0.2) is 42.7 Å². The molecule has 0 unspecified atom stereocenters. The van der Waals surface area contributed by atoms with Crippen molar-refractivity contribution in [3.63, 3.8) is 0 Å². The molecule has 0 aromatic carbocycles. The molecule has 0 aliphatic rings. The van der Waals surface area contributed by atoms with Gasteiger partial charge in [0.2, 0.25) is 5.88 Å². The van der Waals surface area contributed by atoms with Crippen molar-refractivity contribution < 1.29 is 13.5 Å². The molecule has 0 spiro atoms. The number of nitrogens with one attached hydrogen (secondary N) is 1. The van der Waals surface area contributed by atoms with Crippen molar-refractivity contribution >= 4 is 5.82 Å². The Labute approximate surface area is 174 Å². The van der Waals surface area contributed by atoms with Crippen molar-refractivity contribution in [2.45, 2.75) is 38.8 Å². The van der Waals surface area contributed by atoms with Crippen molar-refractivity contribution in [2.75, 3.05) is 19.0 Å². The molecule has 0 aliphatic carbocycles. The number of rotatable bonds is 8. The van der Waals surface area contributed by atoms with Gasteiger partial charge in [0.15, 0.2) is 0 Å². The average Bonchev–Trinajstić information content (AvgIpc) is 2.72. The molecular weight excluding hydrogens is 388 g/mol. The van der Waals surface area contributed by atoms with Gasteiger partial charge >= 0.3 is 0 Å². The van der Waals surface area contributed by atoms with E-state index in [2.05, 4.69) is 25.5 Å². The summed E-state index contributed by atoms with van der Waals surface area (Å²) in [5.74, 6) is 0.616. The molecule has 6 nitrogen and oxygen atoms in total. The van der Waals surface area contributed by atoms with Gasteiger partial charge in [0, 0.05) is 35.5 Å². The lowest BCUT2D eigenvalue weighted by Gasteiger charge is -2.30. The molecule has 0 fully saturated rings. The highest BCUT2D eigenvalue weighted by Gasteiger charge is 2.33. The van der Waals surface area contributed by atoms with E-state index in [9.17, 15) is 8.78 Å². The Morgan fingerprint density at radius 2 is 2.00 bits per heavy atom. The van der Waals surface area contributed by atoms with E-state index in [-0.39, 0.29) is 18.7 Å². The minimum absolute atomic E-state index is 0.121. The van der Waals surface area contributed by atoms with E-state index in [0.717, 1.165) is 11.1 Å². The highest BCUT2D eigenvalue weighted by atomic mass is 19.1. The van der Waals surface area contributed by atoms with Crippen LogP contribution in [0.2, 0.25) is 0 Å². The molecule has 0 saturated heterocycles. The highest BCUT2D eigenvalue weighted by molar-refractivity contribution is 5.60. The molecule has 1 N–H and O–H groups in total. The Morgan fingerprint density at radius 1 is 1.20 bits per heavy atom. The quantitative estimate of drug-likeness (QED) is 0.586. The van der Waals surface area contributed by atoms with Gasteiger partial charge in [-0.1, -0.05) is 6.92 Å². The first kappa shape index (κ1) is 21.5. The summed E-state index contributed by atoms with van der Waals surface area (Å²) in [5.41, 5.74) is 1.75. The summed E-state index contributed by atoms with van der Waals surface area (Å²) >= 11 is 0. The molecule has 0 bridgehead atoms. The minimum atomic E-state index is -1.11. The standard InChI is InChI=1S/C22H25F2N5O/c1-14-10-16(12-26-21(14)30-4)18-7-8-19(29-28-18)27-13-22(3,11-15(2)23)20-17(24)6-5-9-25-20/h5-10,12,15H,11,13H2,1-4H3,(H,27,29)/t15-,22-/m1/s1. The summed E-state index contributed by atoms with van der Waals surface area (Å²) in [6, 6.07) is 8.37. The number of pyridine rings is 2. The zero-order valence-corrected chi connectivity index (χ0v) is 17.5. The third kappa shape index (κ3) is 4.87. The summed E-state index contributed by atoms with van der Waals surface area (Å²) < 4.78 is 33.4. The Morgan fingerprint density at radius 3 is 2.60 bits per heavy atom. The van der Waals surface area contributed by atoms with E-state index in [1.165, 1.54) is 25.3 Å². The van der Waals surface area contributed by atoms with Gasteiger partial charge in [-0.05, 0) is 50.6 Å². The first-order chi connectivity index (χ1) is 14.3. The first-order valence-electron chi connectivity index (χ1n) is 9.66. The van der Waals surface area contributed by atoms with Crippen LogP contribution in [0.3, 0.4) is 0 Å². The number of ether oxygens (including phenoxy) is 1. The summed E-state index contributed by atoms with van der Waals surface area (Å²) in [6.07, 6.45) is 2.19. The van der Waals surface area contributed by atoms with Gasteiger partial charge in [0.25, 0.3) is 0 Å². The number of nitrogens with zero attached hydrogens (tertiary/aromatic N) is 4. The van der Waals surface area contributed by atoms with Crippen molar-refractivity contribution in [3.05, 3.63) is 59.8 Å². The predicted molar refractivity (Wildman–Crippen MR) is 112 cm³/mol. The molecule has 158 valence electrons. The number of anilines is 1. The van der Waals surface area contributed by atoms with Gasteiger partial charge in [0.05, 0.1) is 24.7 Å². The van der Waals surface area contributed by atoms with Crippen LogP contribution in [-0.4, -0.2) is 40.0 Å². The van der Waals surface area contributed by atoms with E-state index in [4.69, 9.17) is 4.74 Å². The van der Waals surface area contributed by atoms with Crippen LogP contribution in [0.4, 0.5) is 14.6 Å². The fourth-order valence-corrected chi connectivity index (χ4v) is 3.49. The summed E-state index contributed by atoms with van der Waals surface area (Å²) in [7, 11) is 1.57. The molecular formula is C22H25F2N5O. The van der Waals surface area contributed by atoms with Crippen LogP contribution in [0, 0.1) is 12.7 Å². The Bertz CT molecular complexity index is 997. The predicted octanol–water partition coefficient (Wildman–Crippen LogP) is 4.51. The third-order valence-electron chi connectivity index (χ3n) is 4.91. The summed E-state index contributed by atoms with van der Waals surface area (Å²) in [5, 5.41) is 11.6. The first-order valence-corrected chi connectivity index (χ1v) is 9.66. The van der Waals surface area contributed by atoms with Crippen molar-refractivity contribution in [1.82, 2.24) is 20.2 Å². The van der Waals surface area contributed by atoms with E-state index < -0.39 is 17.4 Å². The number of hydrogen-bond donors (Lipinski definition) is 1. The topological polar surface area (TPSA) is 72.8 Å². The number of aryl methyl sites for hydroxylation is 1. The third-order valence-corrected chi connectivity index (χ3v) is 4.91. The molecule has 0 aliphatic heterocycles. The van der Waals surface area contributed by atoms with Gasteiger partial charge in [-0.15, -0.1) is 10.2 Å². The SMILES string of the molecule is COc1ncc(-c2ccc(NC[C@@](C)(C[C@@H](C)F)c3ncccc3F)nn2)cc1C. The van der Waals surface area contributed by atoms with Gasteiger partial charge < -0.3 is 10.1 Å². The second-order valence-corrected chi connectivity index (χ2v) is 7.59. The normalized spacial score (nSPS) is 14.1. The number of aromatic nitrogens is 4. The summed E-state index contributed by atoms with van der Waals surface area (Å²) in [6.45, 7) is 5.40. The second kappa shape index (κ2) is 9.11. The van der Waals surface area contributed by atoms with Crippen molar-refractivity contribution in [1.29, 1.82) is 0 Å². The lowest BCUT2D eigenvalue weighted by atomic mass is 9.81. The van der Waals surface area contributed by atoms with Gasteiger partial charge in [-0.3, -0.25) is 4.98 Å². The minimum Gasteiger partial charge on any atom is -0.481 e. The summed E-state index contributed by atoms with van der Waals surface area (Å²) in [4.78, 5) is 8.41. The van der Waals surface area contributed by atoms with Crippen molar-refractivity contribution in [3.8, 4) is 17.1 Å². The second-order valence-electron chi connectivity index (χ2n) is 7.59. The maximum absolute atomic E-state index is 14.3. The maximum atomic E-state index is 14.3.